The number of aromatic nitrogens is 1. The summed E-state index contributed by atoms with van der Waals surface area (Å²) in [6, 6.07) is 8.54. The molecule has 0 saturated carbocycles. The molecule has 1 aromatic heterocycles. The highest BCUT2D eigenvalue weighted by atomic mass is 35.5. The van der Waals surface area contributed by atoms with Crippen LogP contribution in [0.25, 0.3) is 0 Å². The molecular weight excluding hydrogens is 252 g/mol. The lowest BCUT2D eigenvalue weighted by Gasteiger charge is -2.10. The fraction of sp³-hybridized carbons (Fsp3) is 0.154. The van der Waals surface area contributed by atoms with Crippen molar-refractivity contribution in [3.63, 3.8) is 0 Å². The smallest absolute Gasteiger partial charge is 0.335 e. The van der Waals surface area contributed by atoms with Crippen LogP contribution < -0.4 is 5.32 Å². The van der Waals surface area contributed by atoms with Gasteiger partial charge in [-0.1, -0.05) is 11.6 Å². The van der Waals surface area contributed by atoms with Crippen molar-refractivity contribution in [1.29, 1.82) is 0 Å². The lowest BCUT2D eigenvalue weighted by molar-refractivity contribution is 0.0697. The predicted octanol–water partition coefficient (Wildman–Crippen LogP) is 2.99. The van der Waals surface area contributed by atoms with Gasteiger partial charge in [0.1, 0.15) is 0 Å². The maximum atomic E-state index is 10.9. The third-order valence-corrected chi connectivity index (χ3v) is 3.05. The molecule has 0 unspecified atom stereocenters. The van der Waals surface area contributed by atoms with E-state index in [4.69, 9.17) is 16.7 Å². The average Bonchev–Trinajstić information content (AvgIpc) is 2.73. The molecule has 2 aromatic rings. The number of carbonyl (C=O) groups is 1. The SMILES string of the molecule is Cn1cccc1CNc1cc(C(=O)O)ccc1Cl. The minimum Gasteiger partial charge on any atom is -0.478 e. The van der Waals surface area contributed by atoms with Gasteiger partial charge in [0.25, 0.3) is 0 Å². The minimum atomic E-state index is -0.964. The Balaban J connectivity index is 2.16. The number of aromatic carboxylic acids is 1. The quantitative estimate of drug-likeness (QED) is 0.893. The lowest BCUT2D eigenvalue weighted by Crippen LogP contribution is -2.05. The molecule has 2 N–H and O–H groups in total. The van der Waals surface area contributed by atoms with Crippen LogP contribution in [0, 0.1) is 0 Å². The molecule has 0 aliphatic rings. The van der Waals surface area contributed by atoms with E-state index in [1.165, 1.54) is 12.1 Å². The Kier molecular flexibility index (Phi) is 3.58. The summed E-state index contributed by atoms with van der Waals surface area (Å²) in [5.41, 5.74) is 1.93. The molecule has 2 rings (SSSR count). The van der Waals surface area contributed by atoms with Gasteiger partial charge in [-0.3, -0.25) is 0 Å². The number of aryl methyl sites for hydroxylation is 1. The number of nitrogens with zero attached hydrogens (tertiary/aromatic N) is 1. The van der Waals surface area contributed by atoms with Crippen molar-refractivity contribution in [3.05, 3.63) is 52.8 Å². The Labute approximate surface area is 110 Å². The van der Waals surface area contributed by atoms with Crippen LogP contribution in [0.2, 0.25) is 5.02 Å². The van der Waals surface area contributed by atoms with Gasteiger partial charge in [0.2, 0.25) is 0 Å². The highest BCUT2D eigenvalue weighted by Crippen LogP contribution is 2.23. The topological polar surface area (TPSA) is 54.3 Å². The van der Waals surface area contributed by atoms with E-state index in [1.54, 1.807) is 6.07 Å². The number of halogens is 1. The van der Waals surface area contributed by atoms with Crippen molar-refractivity contribution in [3.8, 4) is 0 Å². The second-order valence-electron chi connectivity index (χ2n) is 3.96. The first-order chi connectivity index (χ1) is 8.58. The fourth-order valence-electron chi connectivity index (χ4n) is 1.66. The maximum absolute atomic E-state index is 10.9. The van der Waals surface area contributed by atoms with Crippen LogP contribution in [0.4, 0.5) is 5.69 Å². The van der Waals surface area contributed by atoms with Gasteiger partial charge in [-0.2, -0.15) is 0 Å². The first-order valence-corrected chi connectivity index (χ1v) is 5.82. The van der Waals surface area contributed by atoms with Crippen LogP contribution in [0.1, 0.15) is 16.1 Å². The molecule has 18 heavy (non-hydrogen) atoms. The van der Waals surface area contributed by atoms with E-state index in [-0.39, 0.29) is 5.56 Å². The summed E-state index contributed by atoms with van der Waals surface area (Å²) in [6.45, 7) is 0.590. The Bertz CT molecular complexity index is 578. The van der Waals surface area contributed by atoms with E-state index < -0.39 is 5.97 Å². The van der Waals surface area contributed by atoms with Gasteiger partial charge < -0.3 is 15.0 Å². The van der Waals surface area contributed by atoms with E-state index in [0.29, 0.717) is 17.3 Å². The zero-order valence-electron chi connectivity index (χ0n) is 9.85. The number of anilines is 1. The first kappa shape index (κ1) is 12.5. The lowest BCUT2D eigenvalue weighted by atomic mass is 10.2. The Morgan fingerprint density at radius 3 is 2.83 bits per heavy atom. The Morgan fingerprint density at radius 2 is 2.22 bits per heavy atom. The van der Waals surface area contributed by atoms with E-state index in [1.807, 2.05) is 29.9 Å². The van der Waals surface area contributed by atoms with E-state index in [0.717, 1.165) is 5.69 Å². The molecule has 0 spiro atoms. The van der Waals surface area contributed by atoms with Crippen LogP contribution in [0.3, 0.4) is 0 Å². The van der Waals surface area contributed by atoms with Crippen LogP contribution in [-0.4, -0.2) is 15.6 Å². The molecule has 94 valence electrons. The second kappa shape index (κ2) is 5.14. The van der Waals surface area contributed by atoms with Gasteiger partial charge in [-0.25, -0.2) is 4.79 Å². The zero-order chi connectivity index (χ0) is 13.1. The number of carboxylic acid groups (broad SMARTS) is 1. The highest BCUT2D eigenvalue weighted by Gasteiger charge is 2.07. The summed E-state index contributed by atoms with van der Waals surface area (Å²) < 4.78 is 1.99. The Morgan fingerprint density at radius 1 is 1.44 bits per heavy atom. The van der Waals surface area contributed by atoms with Gasteiger partial charge in [-0.05, 0) is 30.3 Å². The van der Waals surface area contributed by atoms with E-state index in [2.05, 4.69) is 5.32 Å². The average molecular weight is 265 g/mol. The number of hydrogen-bond donors (Lipinski definition) is 2. The molecule has 0 radical (unpaired) electrons. The van der Waals surface area contributed by atoms with E-state index in [9.17, 15) is 4.79 Å². The summed E-state index contributed by atoms with van der Waals surface area (Å²) in [4.78, 5) is 10.9. The summed E-state index contributed by atoms with van der Waals surface area (Å²) in [5, 5.41) is 12.6. The molecular formula is C13H13ClN2O2. The third kappa shape index (κ3) is 2.65. The molecule has 0 bridgehead atoms. The van der Waals surface area contributed by atoms with Gasteiger partial charge in [0.05, 0.1) is 22.8 Å². The molecule has 0 fully saturated rings. The van der Waals surface area contributed by atoms with Crippen molar-refractivity contribution in [1.82, 2.24) is 4.57 Å². The number of rotatable bonds is 4. The molecule has 0 atom stereocenters. The van der Waals surface area contributed by atoms with Gasteiger partial charge >= 0.3 is 5.97 Å². The van der Waals surface area contributed by atoms with Crippen LogP contribution >= 0.6 is 11.6 Å². The fourth-order valence-corrected chi connectivity index (χ4v) is 1.84. The molecule has 0 aliphatic heterocycles. The monoisotopic (exact) mass is 264 g/mol. The maximum Gasteiger partial charge on any atom is 0.335 e. The molecule has 1 aromatic carbocycles. The number of nitrogens with one attached hydrogen (secondary N) is 1. The van der Waals surface area contributed by atoms with Crippen molar-refractivity contribution in [2.24, 2.45) is 7.05 Å². The van der Waals surface area contributed by atoms with E-state index >= 15 is 0 Å². The number of carboxylic acids is 1. The molecule has 0 aliphatic carbocycles. The zero-order valence-corrected chi connectivity index (χ0v) is 10.6. The summed E-state index contributed by atoms with van der Waals surface area (Å²) in [6.07, 6.45) is 1.95. The van der Waals surface area contributed by atoms with Crippen molar-refractivity contribution in [2.45, 2.75) is 6.54 Å². The van der Waals surface area contributed by atoms with Crippen molar-refractivity contribution >= 4 is 23.3 Å². The van der Waals surface area contributed by atoms with Crippen LogP contribution in [-0.2, 0) is 13.6 Å². The predicted molar refractivity (Wildman–Crippen MR) is 71.2 cm³/mol. The molecule has 1 heterocycles. The molecule has 0 amide bonds. The first-order valence-electron chi connectivity index (χ1n) is 5.45. The van der Waals surface area contributed by atoms with Gasteiger partial charge in [0.15, 0.2) is 0 Å². The standard InChI is InChI=1S/C13H13ClN2O2/c1-16-6-2-3-10(16)8-15-12-7-9(13(17)18)4-5-11(12)14/h2-7,15H,8H2,1H3,(H,17,18). The summed E-state index contributed by atoms with van der Waals surface area (Å²) in [5.74, 6) is -0.964. The van der Waals surface area contributed by atoms with Crippen LogP contribution in [0.15, 0.2) is 36.5 Å². The summed E-state index contributed by atoms with van der Waals surface area (Å²) in [7, 11) is 1.95. The normalized spacial score (nSPS) is 10.3. The highest BCUT2D eigenvalue weighted by molar-refractivity contribution is 6.33. The molecule has 5 heteroatoms. The van der Waals surface area contributed by atoms with Crippen molar-refractivity contribution in [2.75, 3.05) is 5.32 Å². The minimum absolute atomic E-state index is 0.216. The van der Waals surface area contributed by atoms with Gasteiger partial charge in [0, 0.05) is 18.9 Å². The van der Waals surface area contributed by atoms with Crippen LogP contribution in [0.5, 0.6) is 0 Å². The molecule has 0 saturated heterocycles. The number of benzene rings is 1. The molecule has 4 nitrogen and oxygen atoms in total. The van der Waals surface area contributed by atoms with Gasteiger partial charge in [-0.15, -0.1) is 0 Å². The largest absolute Gasteiger partial charge is 0.478 e. The Hall–Kier alpha value is -1.94. The summed E-state index contributed by atoms with van der Waals surface area (Å²) >= 11 is 6.02. The number of hydrogen-bond acceptors (Lipinski definition) is 2. The second-order valence-corrected chi connectivity index (χ2v) is 4.37. The third-order valence-electron chi connectivity index (χ3n) is 2.72. The van der Waals surface area contributed by atoms with Crippen molar-refractivity contribution < 1.29 is 9.90 Å².